The molecule has 0 bridgehead atoms. The Hall–Kier alpha value is -0.450. The number of rotatable bonds is 4. The van der Waals surface area contributed by atoms with Crippen LogP contribution in [0, 0.1) is 11.7 Å². The Morgan fingerprint density at radius 3 is 2.68 bits per heavy atom. The van der Waals surface area contributed by atoms with Gasteiger partial charge in [0.1, 0.15) is 5.82 Å². The maximum Gasteiger partial charge on any atom is 0.137 e. The molecule has 1 heterocycles. The molecule has 2 nitrogen and oxygen atoms in total. The number of benzene rings is 1. The molecule has 0 saturated carbocycles. The summed E-state index contributed by atoms with van der Waals surface area (Å²) in [5, 5.41) is 3.38. The first-order valence-corrected chi connectivity index (χ1v) is 7.83. The van der Waals surface area contributed by atoms with Crippen molar-refractivity contribution in [2.45, 2.75) is 26.3 Å². The van der Waals surface area contributed by atoms with E-state index in [-0.39, 0.29) is 11.9 Å². The third kappa shape index (κ3) is 3.36. The maximum atomic E-state index is 13.8. The van der Waals surface area contributed by atoms with E-state index in [0.29, 0.717) is 10.4 Å². The summed E-state index contributed by atoms with van der Waals surface area (Å²) in [5.41, 5.74) is 1.08. The van der Waals surface area contributed by atoms with Gasteiger partial charge >= 0.3 is 0 Å². The van der Waals surface area contributed by atoms with Gasteiger partial charge in [0.15, 0.2) is 0 Å². The number of nitrogens with zero attached hydrogens (tertiary/aromatic N) is 1. The second-order valence-electron chi connectivity index (χ2n) is 5.26. The molecule has 4 heteroatoms. The van der Waals surface area contributed by atoms with Gasteiger partial charge in [-0.2, -0.15) is 0 Å². The number of nitrogens with one attached hydrogen (secondary N) is 1. The highest BCUT2D eigenvalue weighted by molar-refractivity contribution is 9.10. The fourth-order valence-electron chi connectivity index (χ4n) is 2.80. The molecule has 0 radical (unpaired) electrons. The van der Waals surface area contributed by atoms with Crippen LogP contribution in [0.2, 0.25) is 0 Å². The molecule has 0 spiro atoms. The van der Waals surface area contributed by atoms with E-state index in [1.54, 1.807) is 0 Å². The Bertz CT molecular complexity index is 419. The monoisotopic (exact) mass is 328 g/mol. The number of piperazine rings is 1. The van der Waals surface area contributed by atoms with E-state index < -0.39 is 0 Å². The summed E-state index contributed by atoms with van der Waals surface area (Å²) in [4.78, 5) is 2.48. The van der Waals surface area contributed by atoms with E-state index in [2.05, 4.69) is 40.0 Å². The molecule has 106 valence electrons. The fraction of sp³-hybridized carbons (Fsp3) is 0.600. The summed E-state index contributed by atoms with van der Waals surface area (Å²) >= 11 is 3.43. The molecule has 0 amide bonds. The lowest BCUT2D eigenvalue weighted by molar-refractivity contribution is 0.128. The first-order chi connectivity index (χ1) is 9.15. The minimum atomic E-state index is -0.166. The van der Waals surface area contributed by atoms with Crippen molar-refractivity contribution in [3.8, 4) is 0 Å². The minimum Gasteiger partial charge on any atom is -0.314 e. The van der Waals surface area contributed by atoms with Crippen molar-refractivity contribution in [3.05, 3.63) is 34.1 Å². The van der Waals surface area contributed by atoms with Gasteiger partial charge in [-0.25, -0.2) is 4.39 Å². The van der Waals surface area contributed by atoms with Crippen LogP contribution in [-0.4, -0.2) is 31.1 Å². The molecule has 1 unspecified atom stereocenters. The molecule has 1 saturated heterocycles. The molecule has 19 heavy (non-hydrogen) atoms. The van der Waals surface area contributed by atoms with Gasteiger partial charge < -0.3 is 5.32 Å². The van der Waals surface area contributed by atoms with Crippen molar-refractivity contribution in [1.82, 2.24) is 10.2 Å². The van der Waals surface area contributed by atoms with E-state index >= 15 is 0 Å². The van der Waals surface area contributed by atoms with Crippen molar-refractivity contribution in [2.75, 3.05) is 26.2 Å². The van der Waals surface area contributed by atoms with Gasteiger partial charge in [-0.3, -0.25) is 4.90 Å². The summed E-state index contributed by atoms with van der Waals surface area (Å²) in [6, 6.07) is 5.66. The molecule has 0 aromatic heterocycles. The van der Waals surface area contributed by atoms with E-state index in [4.69, 9.17) is 0 Å². The molecular weight excluding hydrogens is 307 g/mol. The summed E-state index contributed by atoms with van der Waals surface area (Å²) in [6.07, 6.45) is 1.09. The first-order valence-electron chi connectivity index (χ1n) is 7.03. The SMILES string of the molecule is CCC(C)[C@@H](c1cccc(F)c1Br)N1CCNCC1. The van der Waals surface area contributed by atoms with Gasteiger partial charge in [-0.1, -0.05) is 32.4 Å². The van der Waals surface area contributed by atoms with Crippen LogP contribution in [0.4, 0.5) is 4.39 Å². The quantitative estimate of drug-likeness (QED) is 0.908. The Morgan fingerprint density at radius 2 is 2.05 bits per heavy atom. The number of halogens is 2. The van der Waals surface area contributed by atoms with Crippen molar-refractivity contribution < 1.29 is 4.39 Å². The maximum absolute atomic E-state index is 13.8. The average Bonchev–Trinajstić information content (AvgIpc) is 2.44. The zero-order valence-electron chi connectivity index (χ0n) is 11.6. The summed E-state index contributed by atoms with van der Waals surface area (Å²) < 4.78 is 14.4. The van der Waals surface area contributed by atoms with E-state index in [9.17, 15) is 4.39 Å². The Labute approximate surface area is 123 Å². The fourth-order valence-corrected chi connectivity index (χ4v) is 3.29. The number of hydrogen-bond acceptors (Lipinski definition) is 2. The van der Waals surface area contributed by atoms with Crippen molar-refractivity contribution >= 4 is 15.9 Å². The van der Waals surface area contributed by atoms with Gasteiger partial charge in [-0.05, 0) is 33.5 Å². The van der Waals surface area contributed by atoms with Gasteiger partial charge in [0.25, 0.3) is 0 Å². The molecule has 2 rings (SSSR count). The van der Waals surface area contributed by atoms with Gasteiger partial charge in [0.2, 0.25) is 0 Å². The van der Waals surface area contributed by atoms with Gasteiger partial charge in [0, 0.05) is 32.2 Å². The van der Waals surface area contributed by atoms with Crippen LogP contribution in [0.15, 0.2) is 22.7 Å². The third-order valence-corrected chi connectivity index (χ3v) is 4.86. The van der Waals surface area contributed by atoms with Crippen LogP contribution >= 0.6 is 15.9 Å². The van der Waals surface area contributed by atoms with Crippen LogP contribution < -0.4 is 5.32 Å². The van der Waals surface area contributed by atoms with Crippen LogP contribution in [0.5, 0.6) is 0 Å². The van der Waals surface area contributed by atoms with Crippen LogP contribution in [0.1, 0.15) is 31.9 Å². The molecule has 1 aliphatic heterocycles. The van der Waals surface area contributed by atoms with E-state index in [1.165, 1.54) is 6.07 Å². The Balaban J connectivity index is 2.33. The standard InChI is InChI=1S/C15H22BrFN2/c1-3-11(2)15(19-9-7-18-8-10-19)12-5-4-6-13(17)14(12)16/h4-6,11,15,18H,3,7-10H2,1-2H3/t11?,15-/m0/s1. The highest BCUT2D eigenvalue weighted by Gasteiger charge is 2.28. The summed E-state index contributed by atoms with van der Waals surface area (Å²) in [7, 11) is 0. The molecular formula is C15H22BrFN2. The second kappa shape index (κ2) is 6.82. The zero-order chi connectivity index (χ0) is 13.8. The van der Waals surface area contributed by atoms with Crippen LogP contribution in [0.3, 0.4) is 0 Å². The molecule has 2 atom stereocenters. The van der Waals surface area contributed by atoms with Crippen LogP contribution in [-0.2, 0) is 0 Å². The zero-order valence-corrected chi connectivity index (χ0v) is 13.2. The van der Waals surface area contributed by atoms with Gasteiger partial charge in [0.05, 0.1) is 4.47 Å². The molecule has 1 aromatic carbocycles. The normalized spacial score (nSPS) is 20.2. The largest absolute Gasteiger partial charge is 0.314 e. The van der Waals surface area contributed by atoms with Crippen molar-refractivity contribution in [3.63, 3.8) is 0 Å². The van der Waals surface area contributed by atoms with Crippen molar-refractivity contribution in [2.24, 2.45) is 5.92 Å². The minimum absolute atomic E-state index is 0.166. The summed E-state index contributed by atoms with van der Waals surface area (Å²) in [5.74, 6) is 0.345. The predicted molar refractivity (Wildman–Crippen MR) is 80.7 cm³/mol. The predicted octanol–water partition coefficient (Wildman–Crippen LogP) is 3.58. The lowest BCUT2D eigenvalue weighted by atomic mass is 9.90. The smallest absolute Gasteiger partial charge is 0.137 e. The molecule has 1 aromatic rings. The Morgan fingerprint density at radius 1 is 1.37 bits per heavy atom. The van der Waals surface area contributed by atoms with Crippen LogP contribution in [0.25, 0.3) is 0 Å². The Kier molecular flexibility index (Phi) is 5.37. The average molecular weight is 329 g/mol. The molecule has 1 aliphatic rings. The van der Waals surface area contributed by atoms with E-state index in [0.717, 1.165) is 38.2 Å². The third-order valence-electron chi connectivity index (χ3n) is 4.03. The van der Waals surface area contributed by atoms with E-state index in [1.807, 2.05) is 12.1 Å². The lowest BCUT2D eigenvalue weighted by Gasteiger charge is -2.39. The second-order valence-corrected chi connectivity index (χ2v) is 6.05. The van der Waals surface area contributed by atoms with Gasteiger partial charge in [-0.15, -0.1) is 0 Å². The molecule has 1 N–H and O–H groups in total. The molecule has 1 fully saturated rings. The highest BCUT2D eigenvalue weighted by atomic mass is 79.9. The first kappa shape index (κ1) is 14.9. The highest BCUT2D eigenvalue weighted by Crippen LogP contribution is 2.36. The lowest BCUT2D eigenvalue weighted by Crippen LogP contribution is -2.46. The van der Waals surface area contributed by atoms with Crippen molar-refractivity contribution in [1.29, 1.82) is 0 Å². The summed E-state index contributed by atoms with van der Waals surface area (Å²) in [6.45, 7) is 8.53. The topological polar surface area (TPSA) is 15.3 Å². The molecule has 0 aliphatic carbocycles. The number of hydrogen-bond donors (Lipinski definition) is 1.